The summed E-state index contributed by atoms with van der Waals surface area (Å²) in [6, 6.07) is 0. The Balaban J connectivity index is 4.09. The van der Waals surface area contributed by atoms with Crippen LogP contribution >= 0.6 is 0 Å². The van der Waals surface area contributed by atoms with Crippen LogP contribution in [0.1, 0.15) is 59.3 Å². The molecule has 98 valence electrons. The van der Waals surface area contributed by atoms with Gasteiger partial charge >= 0.3 is 0 Å². The van der Waals surface area contributed by atoms with Gasteiger partial charge in [0.05, 0.1) is 13.2 Å². The zero-order valence-electron chi connectivity index (χ0n) is 11.4. The minimum Gasteiger partial charge on any atom is -0.380 e. The Labute approximate surface area is 103 Å². The lowest BCUT2D eigenvalue weighted by molar-refractivity contribution is -0.347. The molecule has 0 amide bonds. The Morgan fingerprint density at radius 2 is 1.38 bits per heavy atom. The summed E-state index contributed by atoms with van der Waals surface area (Å²) in [5.41, 5.74) is 0. The fourth-order valence-electron chi connectivity index (χ4n) is 1.46. The van der Waals surface area contributed by atoms with Gasteiger partial charge in [-0.3, -0.25) is 0 Å². The third kappa shape index (κ3) is 6.63. The van der Waals surface area contributed by atoms with Crippen molar-refractivity contribution in [2.75, 3.05) is 13.2 Å². The van der Waals surface area contributed by atoms with Gasteiger partial charge in [0, 0.05) is 6.42 Å². The molecule has 0 aromatic rings. The van der Waals surface area contributed by atoms with E-state index in [1.54, 1.807) is 0 Å². The van der Waals surface area contributed by atoms with Crippen molar-refractivity contribution in [3.8, 4) is 0 Å². The van der Waals surface area contributed by atoms with Crippen molar-refractivity contribution in [1.29, 1.82) is 0 Å². The fourth-order valence-corrected chi connectivity index (χ4v) is 1.90. The first-order chi connectivity index (χ1) is 7.74. The van der Waals surface area contributed by atoms with Gasteiger partial charge in [-0.05, 0) is 19.3 Å². The third-order valence-electron chi connectivity index (χ3n) is 2.51. The lowest BCUT2D eigenvalue weighted by Gasteiger charge is -2.32. The van der Waals surface area contributed by atoms with Gasteiger partial charge in [0.2, 0.25) is 0 Å². The second-order valence-corrected chi connectivity index (χ2v) is 4.45. The summed E-state index contributed by atoms with van der Waals surface area (Å²) in [4.78, 5) is 0. The molecule has 0 aromatic heterocycles. The zero-order chi connectivity index (χ0) is 12.3. The predicted molar refractivity (Wildman–Crippen MR) is 70.4 cm³/mol. The highest BCUT2D eigenvalue weighted by atomic mass is 28.2. The van der Waals surface area contributed by atoms with E-state index in [0.717, 1.165) is 51.7 Å². The van der Waals surface area contributed by atoms with E-state index in [0.29, 0.717) is 10.5 Å². The van der Waals surface area contributed by atoms with E-state index in [2.05, 4.69) is 20.8 Å². The summed E-state index contributed by atoms with van der Waals surface area (Å²) in [7, 11) is 0.647. The van der Waals surface area contributed by atoms with Crippen LogP contribution in [-0.2, 0) is 13.9 Å². The van der Waals surface area contributed by atoms with Crippen molar-refractivity contribution in [2.45, 2.75) is 65.3 Å². The maximum Gasteiger partial charge on any atom is 0.272 e. The summed E-state index contributed by atoms with van der Waals surface area (Å²) in [5, 5.41) is 0. The highest BCUT2D eigenvalue weighted by Gasteiger charge is 2.30. The molecular weight excluding hydrogens is 220 g/mol. The van der Waals surface area contributed by atoms with Gasteiger partial charge in [-0.2, -0.15) is 0 Å². The first kappa shape index (κ1) is 16.1. The van der Waals surface area contributed by atoms with Crippen LogP contribution in [0.25, 0.3) is 0 Å². The lowest BCUT2D eigenvalue weighted by atomic mass is 10.3. The topological polar surface area (TPSA) is 27.7 Å². The molecule has 0 aromatic carbocycles. The maximum atomic E-state index is 5.80. The SMILES string of the molecule is CCCCOC(CCC)(O[SiH3])OCCCC. The minimum absolute atomic E-state index is 0.647. The van der Waals surface area contributed by atoms with Gasteiger partial charge in [-0.25, -0.2) is 0 Å². The van der Waals surface area contributed by atoms with E-state index >= 15 is 0 Å². The first-order valence-electron chi connectivity index (χ1n) is 6.57. The van der Waals surface area contributed by atoms with Gasteiger partial charge in [0.15, 0.2) is 10.5 Å². The molecular formula is C12H28O3Si. The Morgan fingerprint density at radius 1 is 0.875 bits per heavy atom. The van der Waals surface area contributed by atoms with E-state index < -0.39 is 5.97 Å². The molecule has 0 rings (SSSR count). The highest BCUT2D eigenvalue weighted by molar-refractivity contribution is 5.98. The predicted octanol–water partition coefficient (Wildman–Crippen LogP) is 2.37. The minimum atomic E-state index is -0.745. The van der Waals surface area contributed by atoms with Crippen LogP contribution in [0.3, 0.4) is 0 Å². The smallest absolute Gasteiger partial charge is 0.272 e. The number of rotatable bonds is 11. The molecule has 0 fully saturated rings. The Hall–Kier alpha value is 0.0969. The lowest BCUT2D eigenvalue weighted by Crippen LogP contribution is -2.39. The van der Waals surface area contributed by atoms with Crippen molar-refractivity contribution < 1.29 is 13.9 Å². The molecule has 0 spiro atoms. The molecule has 3 nitrogen and oxygen atoms in total. The summed E-state index contributed by atoms with van der Waals surface area (Å²) in [6.45, 7) is 7.89. The second-order valence-electron chi connectivity index (χ2n) is 4.04. The molecule has 0 radical (unpaired) electrons. The molecule has 0 unspecified atom stereocenters. The zero-order valence-corrected chi connectivity index (χ0v) is 13.4. The van der Waals surface area contributed by atoms with Crippen molar-refractivity contribution >= 4 is 10.5 Å². The van der Waals surface area contributed by atoms with Crippen LogP contribution in [0.15, 0.2) is 0 Å². The summed E-state index contributed by atoms with van der Waals surface area (Å²) < 4.78 is 17.2. The fraction of sp³-hybridized carbons (Fsp3) is 1.00. The van der Waals surface area contributed by atoms with Crippen molar-refractivity contribution in [3.63, 3.8) is 0 Å². The third-order valence-corrected chi connectivity index (χ3v) is 3.13. The Kier molecular flexibility index (Phi) is 10.3. The van der Waals surface area contributed by atoms with Gasteiger partial charge in [-0.1, -0.05) is 33.6 Å². The average Bonchev–Trinajstić information content (AvgIpc) is 2.29. The first-order valence-corrected chi connectivity index (χ1v) is 7.39. The molecule has 0 bridgehead atoms. The van der Waals surface area contributed by atoms with E-state index in [4.69, 9.17) is 13.9 Å². The monoisotopic (exact) mass is 248 g/mol. The largest absolute Gasteiger partial charge is 0.380 e. The molecule has 0 N–H and O–H groups in total. The summed E-state index contributed by atoms with van der Waals surface area (Å²) >= 11 is 0. The Morgan fingerprint density at radius 3 is 1.69 bits per heavy atom. The number of ether oxygens (including phenoxy) is 2. The van der Waals surface area contributed by atoms with E-state index in [1.165, 1.54) is 0 Å². The van der Waals surface area contributed by atoms with Crippen LogP contribution in [-0.4, -0.2) is 29.7 Å². The molecule has 0 aliphatic heterocycles. The van der Waals surface area contributed by atoms with E-state index in [-0.39, 0.29) is 0 Å². The molecule has 4 heteroatoms. The summed E-state index contributed by atoms with van der Waals surface area (Å²) in [5.74, 6) is -0.745. The molecule has 0 saturated carbocycles. The van der Waals surface area contributed by atoms with Crippen LogP contribution in [0.2, 0.25) is 0 Å². The van der Waals surface area contributed by atoms with Crippen molar-refractivity contribution in [1.82, 2.24) is 0 Å². The van der Waals surface area contributed by atoms with Crippen molar-refractivity contribution in [3.05, 3.63) is 0 Å². The average molecular weight is 248 g/mol. The molecule has 0 aliphatic rings. The quantitative estimate of drug-likeness (QED) is 0.319. The number of hydrogen-bond acceptors (Lipinski definition) is 3. The second kappa shape index (κ2) is 10.3. The van der Waals surface area contributed by atoms with E-state index in [1.807, 2.05) is 0 Å². The van der Waals surface area contributed by atoms with Crippen LogP contribution < -0.4 is 0 Å². The number of unbranched alkanes of at least 4 members (excludes halogenated alkanes) is 2. The number of hydrogen-bond donors (Lipinski definition) is 0. The van der Waals surface area contributed by atoms with Crippen molar-refractivity contribution in [2.24, 2.45) is 0 Å². The van der Waals surface area contributed by atoms with Crippen LogP contribution in [0, 0.1) is 0 Å². The summed E-state index contributed by atoms with van der Waals surface area (Å²) in [6.07, 6.45) is 6.24. The maximum absolute atomic E-state index is 5.80. The van der Waals surface area contributed by atoms with Gasteiger partial charge in [-0.15, -0.1) is 0 Å². The van der Waals surface area contributed by atoms with Crippen LogP contribution in [0.5, 0.6) is 0 Å². The van der Waals surface area contributed by atoms with E-state index in [9.17, 15) is 0 Å². The molecule has 0 heterocycles. The molecule has 16 heavy (non-hydrogen) atoms. The van der Waals surface area contributed by atoms with Crippen LogP contribution in [0.4, 0.5) is 0 Å². The highest BCUT2D eigenvalue weighted by Crippen LogP contribution is 2.21. The molecule has 0 aliphatic carbocycles. The normalized spacial score (nSPS) is 12.2. The van der Waals surface area contributed by atoms with Gasteiger partial charge in [0.1, 0.15) is 0 Å². The van der Waals surface area contributed by atoms with Gasteiger partial charge < -0.3 is 13.9 Å². The molecule has 0 atom stereocenters. The standard InChI is InChI=1S/C12H28O3Si/c1-4-7-10-13-12(15-16,9-6-3)14-11-8-5-2/h4-11H2,1-3,16H3. The van der Waals surface area contributed by atoms with Gasteiger partial charge in [0.25, 0.3) is 5.97 Å². The Bertz CT molecular complexity index is 143. The molecule has 0 saturated heterocycles.